The predicted octanol–water partition coefficient (Wildman–Crippen LogP) is 0.994. The predicted molar refractivity (Wildman–Crippen MR) is 66.8 cm³/mol. The molecule has 2 heterocycles. The molecular weight excluding hydrogens is 252 g/mol. The third-order valence-electron chi connectivity index (χ3n) is 2.44. The summed E-state index contributed by atoms with van der Waals surface area (Å²) in [7, 11) is 0. The van der Waals surface area contributed by atoms with Crippen molar-refractivity contribution in [3.05, 3.63) is 17.5 Å². The van der Waals surface area contributed by atoms with Crippen LogP contribution in [0.4, 0.5) is 0 Å². The zero-order valence-corrected chi connectivity index (χ0v) is 11.3. The maximum absolute atomic E-state index is 5.60. The summed E-state index contributed by atoms with van der Waals surface area (Å²) in [6.07, 6.45) is 0.750. The van der Waals surface area contributed by atoms with Crippen LogP contribution in [-0.2, 0) is 25.3 Å². The number of hydrogen-bond acceptors (Lipinski definition) is 7. The van der Waals surface area contributed by atoms with Crippen molar-refractivity contribution in [2.45, 2.75) is 44.3 Å². The highest BCUT2D eigenvalue weighted by molar-refractivity contribution is 7.98. The number of rotatable bonds is 6. The van der Waals surface area contributed by atoms with Crippen LogP contribution in [0.1, 0.15) is 31.4 Å². The van der Waals surface area contributed by atoms with Gasteiger partial charge in [0.05, 0.1) is 12.3 Å². The zero-order valence-electron chi connectivity index (χ0n) is 10.5. The van der Waals surface area contributed by atoms with Crippen molar-refractivity contribution in [2.24, 2.45) is 5.73 Å². The Morgan fingerprint density at radius 3 is 2.78 bits per heavy atom. The number of nitrogens with zero attached hydrogens (tertiary/aromatic N) is 5. The summed E-state index contributed by atoms with van der Waals surface area (Å²) in [6, 6.07) is 0. The van der Waals surface area contributed by atoms with Crippen molar-refractivity contribution in [3.63, 3.8) is 0 Å². The molecule has 8 heteroatoms. The summed E-state index contributed by atoms with van der Waals surface area (Å²) in [5, 5.41) is 12.9. The molecular formula is C10H16N6OS. The molecule has 0 radical (unpaired) electrons. The molecule has 0 aliphatic heterocycles. The van der Waals surface area contributed by atoms with E-state index < -0.39 is 0 Å². The fourth-order valence-electron chi connectivity index (χ4n) is 1.52. The Labute approximate surface area is 109 Å². The van der Waals surface area contributed by atoms with Crippen LogP contribution in [0.15, 0.2) is 9.68 Å². The van der Waals surface area contributed by atoms with Gasteiger partial charge in [0, 0.05) is 13.0 Å². The molecule has 0 unspecified atom stereocenters. The Balaban J connectivity index is 2.03. The van der Waals surface area contributed by atoms with Crippen LogP contribution >= 0.6 is 11.8 Å². The van der Waals surface area contributed by atoms with Gasteiger partial charge in [-0.25, -0.2) is 0 Å². The lowest BCUT2D eigenvalue weighted by molar-refractivity contribution is 0.378. The second-order valence-corrected chi connectivity index (χ2v) is 4.54. The lowest BCUT2D eigenvalue weighted by atomic mass is 10.5. The molecule has 7 nitrogen and oxygen atoms in total. The van der Waals surface area contributed by atoms with E-state index in [1.165, 1.54) is 11.8 Å². The van der Waals surface area contributed by atoms with E-state index in [9.17, 15) is 0 Å². The van der Waals surface area contributed by atoms with Crippen LogP contribution in [-0.4, -0.2) is 24.9 Å². The maximum atomic E-state index is 5.60. The van der Waals surface area contributed by atoms with E-state index in [0.29, 0.717) is 24.0 Å². The number of thioether (sulfide) groups is 1. The van der Waals surface area contributed by atoms with Gasteiger partial charge in [0.25, 0.3) is 0 Å². The highest BCUT2D eigenvalue weighted by atomic mass is 32.2. The number of aryl methyl sites for hydroxylation is 1. The van der Waals surface area contributed by atoms with Crippen molar-refractivity contribution in [3.8, 4) is 0 Å². The van der Waals surface area contributed by atoms with Gasteiger partial charge in [-0.15, -0.1) is 10.2 Å². The molecule has 2 N–H and O–H groups in total. The molecule has 0 amide bonds. The summed E-state index contributed by atoms with van der Waals surface area (Å²) in [6.45, 7) is 5.21. The van der Waals surface area contributed by atoms with Gasteiger partial charge in [-0.2, -0.15) is 4.98 Å². The van der Waals surface area contributed by atoms with E-state index in [0.717, 1.165) is 23.9 Å². The fraction of sp³-hybridized carbons (Fsp3) is 0.600. The minimum Gasteiger partial charge on any atom is -0.339 e. The van der Waals surface area contributed by atoms with Crippen LogP contribution in [0, 0.1) is 0 Å². The molecule has 0 saturated carbocycles. The minimum absolute atomic E-state index is 0.392. The van der Waals surface area contributed by atoms with Gasteiger partial charge in [0.2, 0.25) is 5.89 Å². The molecule has 0 spiro atoms. The highest BCUT2D eigenvalue weighted by Crippen LogP contribution is 2.20. The van der Waals surface area contributed by atoms with Gasteiger partial charge in [-0.1, -0.05) is 23.8 Å². The molecule has 0 aliphatic carbocycles. The molecule has 2 rings (SSSR count). The van der Waals surface area contributed by atoms with Crippen molar-refractivity contribution in [1.29, 1.82) is 0 Å². The Morgan fingerprint density at radius 2 is 2.17 bits per heavy atom. The Morgan fingerprint density at radius 1 is 1.33 bits per heavy atom. The number of nitrogens with two attached hydrogens (primary N) is 1. The van der Waals surface area contributed by atoms with Gasteiger partial charge in [-0.3, -0.25) is 0 Å². The largest absolute Gasteiger partial charge is 0.339 e. The molecule has 0 aromatic carbocycles. The summed E-state index contributed by atoms with van der Waals surface area (Å²) in [4.78, 5) is 4.25. The lowest BCUT2D eigenvalue weighted by Crippen LogP contribution is -2.08. The van der Waals surface area contributed by atoms with E-state index in [1.54, 1.807) is 0 Å². The highest BCUT2D eigenvalue weighted by Gasteiger charge is 2.12. The Bertz CT molecular complexity index is 508. The van der Waals surface area contributed by atoms with E-state index >= 15 is 0 Å². The minimum atomic E-state index is 0.392. The Hall–Kier alpha value is -1.41. The monoisotopic (exact) mass is 268 g/mol. The molecule has 2 aromatic heterocycles. The van der Waals surface area contributed by atoms with Gasteiger partial charge in [0.1, 0.15) is 5.82 Å². The van der Waals surface area contributed by atoms with E-state index in [1.807, 2.05) is 18.4 Å². The molecule has 2 aromatic rings. The first kappa shape index (κ1) is 13.0. The first-order valence-electron chi connectivity index (χ1n) is 5.84. The fourth-order valence-corrected chi connectivity index (χ4v) is 2.38. The summed E-state index contributed by atoms with van der Waals surface area (Å²) >= 11 is 1.53. The summed E-state index contributed by atoms with van der Waals surface area (Å²) in [5.74, 6) is 2.75. The smallest absolute Gasteiger partial charge is 0.226 e. The standard InChI is InChI=1S/C10H16N6OS/c1-3-9-12-7(15-17-9)6-18-10-14-13-8(5-11)16(10)4-2/h3-6,11H2,1-2H3. The van der Waals surface area contributed by atoms with Crippen LogP contribution in [0.5, 0.6) is 0 Å². The summed E-state index contributed by atoms with van der Waals surface area (Å²) < 4.78 is 7.04. The van der Waals surface area contributed by atoms with Crippen molar-refractivity contribution >= 4 is 11.8 Å². The normalized spacial score (nSPS) is 11.1. The Kier molecular flexibility index (Phi) is 4.32. The molecule has 0 atom stereocenters. The topological polar surface area (TPSA) is 95.7 Å². The third kappa shape index (κ3) is 2.70. The quantitative estimate of drug-likeness (QED) is 0.780. The molecule has 0 aliphatic rings. The molecule has 0 fully saturated rings. The SMILES string of the molecule is CCc1nc(CSc2nnc(CN)n2CC)no1. The zero-order chi connectivity index (χ0) is 13.0. The first-order chi connectivity index (χ1) is 8.78. The second-order valence-electron chi connectivity index (χ2n) is 3.59. The summed E-state index contributed by atoms with van der Waals surface area (Å²) in [5.41, 5.74) is 5.60. The molecule has 0 bridgehead atoms. The van der Waals surface area contributed by atoms with Crippen LogP contribution in [0.25, 0.3) is 0 Å². The van der Waals surface area contributed by atoms with Gasteiger partial charge in [0.15, 0.2) is 11.0 Å². The van der Waals surface area contributed by atoms with E-state index in [2.05, 4.69) is 20.3 Å². The van der Waals surface area contributed by atoms with Crippen LogP contribution < -0.4 is 5.73 Å². The van der Waals surface area contributed by atoms with Crippen molar-refractivity contribution < 1.29 is 4.52 Å². The van der Waals surface area contributed by atoms with E-state index in [4.69, 9.17) is 10.3 Å². The molecule has 98 valence electrons. The van der Waals surface area contributed by atoms with Crippen molar-refractivity contribution in [1.82, 2.24) is 24.9 Å². The van der Waals surface area contributed by atoms with Gasteiger partial charge < -0.3 is 14.8 Å². The first-order valence-corrected chi connectivity index (χ1v) is 6.83. The average Bonchev–Trinajstić information content (AvgIpc) is 3.01. The lowest BCUT2D eigenvalue weighted by Gasteiger charge is -2.04. The second kappa shape index (κ2) is 5.96. The van der Waals surface area contributed by atoms with Gasteiger partial charge in [-0.05, 0) is 6.92 Å². The molecule has 0 saturated heterocycles. The number of aromatic nitrogens is 5. The number of hydrogen-bond donors (Lipinski definition) is 1. The van der Waals surface area contributed by atoms with Gasteiger partial charge >= 0.3 is 0 Å². The van der Waals surface area contributed by atoms with Crippen molar-refractivity contribution in [2.75, 3.05) is 0 Å². The van der Waals surface area contributed by atoms with E-state index in [-0.39, 0.29) is 0 Å². The molecule has 18 heavy (non-hydrogen) atoms. The average molecular weight is 268 g/mol. The third-order valence-corrected chi connectivity index (χ3v) is 3.40. The maximum Gasteiger partial charge on any atom is 0.226 e. The van der Waals surface area contributed by atoms with Crippen LogP contribution in [0.2, 0.25) is 0 Å². The van der Waals surface area contributed by atoms with Crippen LogP contribution in [0.3, 0.4) is 0 Å².